The molecule has 10 amide bonds. The topological polar surface area (TPSA) is 462 Å². The van der Waals surface area contributed by atoms with E-state index in [4.69, 9.17) is 28.7 Å². The summed E-state index contributed by atoms with van der Waals surface area (Å²) in [6.07, 6.45) is 2.35. The molecule has 27 nitrogen and oxygen atoms in total. The molecule has 2 aromatic rings. The second-order valence-electron chi connectivity index (χ2n) is 20.6. The van der Waals surface area contributed by atoms with Crippen LogP contribution in [-0.4, -0.2) is 156 Å². The molecule has 0 saturated carbocycles. The van der Waals surface area contributed by atoms with Crippen LogP contribution >= 0.6 is 0 Å². The van der Waals surface area contributed by atoms with Crippen LogP contribution in [0, 0.1) is 11.8 Å². The van der Waals surface area contributed by atoms with E-state index in [1.54, 1.807) is 51.1 Å². The molecule has 0 spiro atoms. The van der Waals surface area contributed by atoms with E-state index >= 15 is 0 Å². The zero-order valence-corrected chi connectivity index (χ0v) is 48.0. The number of amides is 10. The summed E-state index contributed by atoms with van der Waals surface area (Å²) in [5, 5.41) is 43.9. The maximum Gasteiger partial charge on any atom is 0.245 e. The molecule has 456 valence electrons. The van der Waals surface area contributed by atoms with E-state index in [1.807, 2.05) is 6.92 Å². The first-order chi connectivity index (χ1) is 38.8. The van der Waals surface area contributed by atoms with Gasteiger partial charge in [0.2, 0.25) is 59.1 Å². The molecular weight excluding hydrogens is 1060 g/mol. The summed E-state index contributed by atoms with van der Waals surface area (Å²) in [6.45, 7) is 9.22. The van der Waals surface area contributed by atoms with E-state index < -0.39 is 126 Å². The highest BCUT2D eigenvalue weighted by molar-refractivity contribution is 5.98. The molecule has 0 unspecified atom stereocenters. The number of nitrogens with two attached hydrogens (primary N) is 5. The fourth-order valence-electron chi connectivity index (χ4n) is 8.37. The van der Waals surface area contributed by atoms with Crippen LogP contribution in [0.2, 0.25) is 0 Å². The summed E-state index contributed by atoms with van der Waals surface area (Å²) in [5.41, 5.74) is 29.0. The molecule has 10 atom stereocenters. The molecule has 0 aromatic heterocycles. The first-order valence-electron chi connectivity index (χ1n) is 27.7. The zero-order chi connectivity index (χ0) is 61.5. The Morgan fingerprint density at radius 2 is 0.939 bits per heavy atom. The number of aliphatic hydroxyl groups excluding tert-OH is 1. The van der Waals surface area contributed by atoms with Gasteiger partial charge in [-0.2, -0.15) is 0 Å². The van der Waals surface area contributed by atoms with Crippen LogP contribution < -0.4 is 76.5 Å². The summed E-state index contributed by atoms with van der Waals surface area (Å²) in [6, 6.07) is 2.54. The normalized spacial score (nSPS) is 14.7. The fourth-order valence-corrected chi connectivity index (χ4v) is 8.37. The third-order valence-corrected chi connectivity index (χ3v) is 13.4. The quantitative estimate of drug-likeness (QED) is 0.0182. The Morgan fingerprint density at radius 1 is 0.500 bits per heavy atom. The molecule has 0 saturated heterocycles. The van der Waals surface area contributed by atoms with Crippen molar-refractivity contribution in [2.24, 2.45) is 45.5 Å². The predicted octanol–water partition coefficient (Wildman–Crippen LogP) is -2.93. The number of benzene rings is 2. The maximum absolute atomic E-state index is 14.4. The fraction of sp³-hybridized carbons (Fsp3) is 0.582. The molecule has 0 heterocycles. The average molecular weight is 1150 g/mol. The van der Waals surface area contributed by atoms with Crippen LogP contribution in [0.3, 0.4) is 0 Å². The standard InChI is InChI=1S/C55H89N15O12/c1-7-32(4)45(63-34(6)72)54(82)70-44(31(2)3)53(81)69-43(30-71)52(80)68-42(28-35-16-9-8-10-17-35)51(79)65-39(19-12-14-26-57)48(76)62-33(5)47(75)67-41(29-36-21-23-37(73)24-22-36)50(78)66-40(20-15-27-61-55(59)60)49(77)64-38(46(58)74)18-11-13-25-56/h8-10,16-17,21-24,31-33,38-45,71,73H,7,11-15,18-20,25-30,56-57H2,1-6H3,(H2,58,74)(H,62,76)(H,63,72)(H,64,77)(H,65,79)(H,66,78)(H,67,75)(H,68,80)(H,69,81)(H,70,82)(H4,59,60,61)/t32-,33-,38-,39-,40-,41-,42-,43-,44-,45-/m0/s1. The van der Waals surface area contributed by atoms with E-state index in [-0.39, 0.29) is 69.2 Å². The van der Waals surface area contributed by atoms with E-state index in [9.17, 15) is 58.2 Å². The monoisotopic (exact) mass is 1150 g/mol. The van der Waals surface area contributed by atoms with Crippen molar-refractivity contribution in [1.82, 2.24) is 47.9 Å². The van der Waals surface area contributed by atoms with Crippen LogP contribution in [0.15, 0.2) is 59.6 Å². The summed E-state index contributed by atoms with van der Waals surface area (Å²) in [7, 11) is 0. The van der Waals surface area contributed by atoms with Gasteiger partial charge in [0.05, 0.1) is 6.61 Å². The predicted molar refractivity (Wildman–Crippen MR) is 307 cm³/mol. The molecule has 0 fully saturated rings. The molecule has 27 heteroatoms. The molecule has 2 rings (SSSR count). The van der Waals surface area contributed by atoms with E-state index in [0.29, 0.717) is 49.8 Å². The van der Waals surface area contributed by atoms with Gasteiger partial charge in [-0.05, 0) is 106 Å². The Bertz CT molecular complexity index is 2430. The van der Waals surface area contributed by atoms with E-state index in [0.717, 1.165) is 0 Å². The largest absolute Gasteiger partial charge is 0.508 e. The number of nitrogens with zero attached hydrogens (tertiary/aromatic N) is 1. The third kappa shape index (κ3) is 25.7. The highest BCUT2D eigenvalue weighted by Gasteiger charge is 2.36. The number of unbranched alkanes of at least 4 members (excludes halogenated alkanes) is 2. The molecule has 21 N–H and O–H groups in total. The van der Waals surface area contributed by atoms with Crippen LogP contribution in [-0.2, 0) is 60.8 Å². The van der Waals surface area contributed by atoms with Gasteiger partial charge in [0, 0.05) is 26.3 Å². The highest BCUT2D eigenvalue weighted by Crippen LogP contribution is 2.15. The molecule has 0 aliphatic carbocycles. The van der Waals surface area contributed by atoms with Gasteiger partial charge in [0.1, 0.15) is 60.1 Å². The summed E-state index contributed by atoms with van der Waals surface area (Å²) >= 11 is 0. The lowest BCUT2D eigenvalue weighted by molar-refractivity contribution is -0.136. The number of phenols is 1. The van der Waals surface area contributed by atoms with Crippen molar-refractivity contribution in [3.05, 3.63) is 65.7 Å². The van der Waals surface area contributed by atoms with Crippen LogP contribution in [0.1, 0.15) is 110 Å². The van der Waals surface area contributed by atoms with E-state index in [1.165, 1.54) is 38.1 Å². The number of hydrogen-bond acceptors (Lipinski definition) is 15. The van der Waals surface area contributed by atoms with Gasteiger partial charge < -0.3 is 86.7 Å². The Balaban J connectivity index is 2.44. The van der Waals surface area contributed by atoms with Gasteiger partial charge in [-0.15, -0.1) is 0 Å². The maximum atomic E-state index is 14.4. The van der Waals surface area contributed by atoms with Gasteiger partial charge in [0.15, 0.2) is 5.96 Å². The Kier molecular flexibility index (Phi) is 31.8. The summed E-state index contributed by atoms with van der Waals surface area (Å²) in [5.74, 6) is -8.96. The number of carbonyl (C=O) groups excluding carboxylic acids is 10. The van der Waals surface area contributed by atoms with Crippen molar-refractivity contribution in [1.29, 1.82) is 0 Å². The van der Waals surface area contributed by atoms with Crippen molar-refractivity contribution >= 4 is 65.0 Å². The number of carbonyl (C=O) groups is 10. The minimum absolute atomic E-state index is 0.00866. The Morgan fingerprint density at radius 3 is 1.43 bits per heavy atom. The molecule has 0 aliphatic rings. The van der Waals surface area contributed by atoms with E-state index in [2.05, 4.69) is 52.8 Å². The molecule has 2 aromatic carbocycles. The number of guanidine groups is 1. The number of hydrogen-bond donors (Lipinski definition) is 16. The molecule has 0 radical (unpaired) electrons. The van der Waals surface area contributed by atoms with Gasteiger partial charge >= 0.3 is 0 Å². The van der Waals surface area contributed by atoms with Crippen LogP contribution in [0.4, 0.5) is 0 Å². The van der Waals surface area contributed by atoms with Crippen molar-refractivity contribution in [2.75, 3.05) is 26.2 Å². The number of nitrogens with one attached hydrogen (secondary N) is 9. The molecule has 0 bridgehead atoms. The second-order valence-corrected chi connectivity index (χ2v) is 20.6. The zero-order valence-electron chi connectivity index (χ0n) is 48.0. The Labute approximate surface area is 479 Å². The van der Waals surface area contributed by atoms with Crippen molar-refractivity contribution in [2.45, 2.75) is 167 Å². The van der Waals surface area contributed by atoms with Crippen molar-refractivity contribution in [3.63, 3.8) is 0 Å². The lowest BCUT2D eigenvalue weighted by Gasteiger charge is -2.29. The second kappa shape index (κ2) is 37.2. The van der Waals surface area contributed by atoms with Gasteiger partial charge in [0.25, 0.3) is 0 Å². The molecular formula is C55H89N15O12. The lowest BCUT2D eigenvalue weighted by atomic mass is 9.96. The van der Waals surface area contributed by atoms with Crippen LogP contribution in [0.25, 0.3) is 0 Å². The van der Waals surface area contributed by atoms with Crippen molar-refractivity contribution < 1.29 is 58.2 Å². The van der Waals surface area contributed by atoms with Crippen molar-refractivity contribution in [3.8, 4) is 5.75 Å². The number of rotatable bonds is 38. The average Bonchev–Trinajstić information content (AvgIpc) is 3.48. The minimum atomic E-state index is -1.63. The Hall–Kier alpha value is -7.91. The third-order valence-electron chi connectivity index (χ3n) is 13.4. The smallest absolute Gasteiger partial charge is 0.245 e. The van der Waals surface area contributed by atoms with Crippen LogP contribution in [0.5, 0.6) is 5.75 Å². The number of phenolic OH excluding ortho intramolecular Hbond substituents is 1. The number of aromatic hydroxyl groups is 1. The first-order valence-corrected chi connectivity index (χ1v) is 27.7. The van der Waals surface area contributed by atoms with Gasteiger partial charge in [-0.25, -0.2) is 0 Å². The highest BCUT2D eigenvalue weighted by atomic mass is 16.3. The lowest BCUT2D eigenvalue weighted by Crippen LogP contribution is -2.61. The first kappa shape index (κ1) is 70.2. The summed E-state index contributed by atoms with van der Waals surface area (Å²) < 4.78 is 0. The SMILES string of the molecule is CC[C@H](C)[C@H](NC(C)=O)C(=O)N[C@H](C(=O)N[C@@H](CO)C(=O)N[C@@H](Cc1ccccc1)C(=O)N[C@@H](CCCCN)C(=O)N[C@@H](C)C(=O)N[C@@H](Cc1ccc(O)cc1)C(=O)N[C@@H](CCCN=C(N)N)C(=O)N[C@@H](CCCCN)C(N)=O)C(C)C. The number of aliphatic imine (C=N–C) groups is 1. The summed E-state index contributed by atoms with van der Waals surface area (Å²) in [4.78, 5) is 140. The molecule has 82 heavy (non-hydrogen) atoms. The minimum Gasteiger partial charge on any atom is -0.508 e. The number of primary amides is 1. The number of aliphatic hydroxyl groups is 1. The van der Waals surface area contributed by atoms with Gasteiger partial charge in [-0.3, -0.25) is 52.9 Å². The molecule has 0 aliphatic heterocycles. The van der Waals surface area contributed by atoms with Gasteiger partial charge in [-0.1, -0.05) is 76.6 Å².